The van der Waals surface area contributed by atoms with Gasteiger partial charge in [-0.15, -0.1) is 11.8 Å². The maximum atomic E-state index is 13.7. The van der Waals surface area contributed by atoms with E-state index in [0.717, 1.165) is 23.3 Å². The van der Waals surface area contributed by atoms with Crippen molar-refractivity contribution in [3.63, 3.8) is 0 Å². The minimum absolute atomic E-state index is 0.0191. The van der Waals surface area contributed by atoms with E-state index in [4.69, 9.17) is 0 Å². The van der Waals surface area contributed by atoms with Crippen LogP contribution in [0.1, 0.15) is 48.1 Å². The predicted molar refractivity (Wildman–Crippen MR) is 151 cm³/mol. The standard InChI is InChI=1S/C31H38N2O2S/c1-5-25(4)32-31(35)29(19-26-12-7-6-8-13-26)33(20-27-17-15-23(2)16-18-27)30(34)22-36-21-28-14-10-9-11-24(28)3/h6-18,25,29H,5,19-22H2,1-4H3,(H,32,35)/t25-,29+/m1/s1. The number of rotatable bonds is 12. The fraction of sp³-hybridized carbons (Fsp3) is 0.355. The molecular formula is C31H38N2O2S. The lowest BCUT2D eigenvalue weighted by atomic mass is 10.0. The van der Waals surface area contributed by atoms with Crippen molar-refractivity contribution >= 4 is 23.6 Å². The molecule has 0 aliphatic rings. The van der Waals surface area contributed by atoms with Gasteiger partial charge in [0.05, 0.1) is 5.75 Å². The lowest BCUT2D eigenvalue weighted by molar-refractivity contribution is -0.139. The van der Waals surface area contributed by atoms with Crippen LogP contribution in [-0.2, 0) is 28.3 Å². The number of nitrogens with zero attached hydrogens (tertiary/aromatic N) is 1. The molecule has 3 rings (SSSR count). The minimum atomic E-state index is -0.589. The van der Waals surface area contributed by atoms with Crippen LogP contribution in [0.2, 0.25) is 0 Å². The van der Waals surface area contributed by atoms with Crippen molar-refractivity contribution in [1.29, 1.82) is 0 Å². The van der Waals surface area contributed by atoms with Crippen molar-refractivity contribution in [2.75, 3.05) is 5.75 Å². The first-order chi connectivity index (χ1) is 17.4. The molecule has 0 aliphatic carbocycles. The summed E-state index contributed by atoms with van der Waals surface area (Å²) in [6.45, 7) is 8.59. The summed E-state index contributed by atoms with van der Waals surface area (Å²) in [6, 6.07) is 25.9. The van der Waals surface area contributed by atoms with Gasteiger partial charge in [0, 0.05) is 24.8 Å². The van der Waals surface area contributed by atoms with Gasteiger partial charge in [0.25, 0.3) is 0 Å². The van der Waals surface area contributed by atoms with Crippen LogP contribution in [0.15, 0.2) is 78.9 Å². The maximum absolute atomic E-state index is 13.7. The Bertz CT molecular complexity index is 1110. The van der Waals surface area contributed by atoms with Gasteiger partial charge in [0.2, 0.25) is 11.8 Å². The second kappa shape index (κ2) is 13.9. The van der Waals surface area contributed by atoms with E-state index in [2.05, 4.69) is 43.4 Å². The maximum Gasteiger partial charge on any atom is 0.243 e. The summed E-state index contributed by atoms with van der Waals surface area (Å²) in [4.78, 5) is 29.0. The molecule has 5 heteroatoms. The normalized spacial score (nSPS) is 12.6. The summed E-state index contributed by atoms with van der Waals surface area (Å²) in [5.74, 6) is 0.966. The van der Waals surface area contributed by atoms with Gasteiger partial charge in [-0.1, -0.05) is 91.3 Å². The molecule has 3 aromatic rings. The van der Waals surface area contributed by atoms with Crippen molar-refractivity contribution in [2.24, 2.45) is 0 Å². The van der Waals surface area contributed by atoms with Gasteiger partial charge in [0.15, 0.2) is 0 Å². The van der Waals surface area contributed by atoms with Gasteiger partial charge < -0.3 is 10.2 Å². The number of carbonyl (C=O) groups is 2. The molecule has 0 saturated carbocycles. The smallest absolute Gasteiger partial charge is 0.243 e. The van der Waals surface area contributed by atoms with Gasteiger partial charge in [-0.3, -0.25) is 9.59 Å². The Kier molecular flexibility index (Phi) is 10.6. The molecule has 3 aromatic carbocycles. The lowest BCUT2D eigenvalue weighted by Gasteiger charge is -2.32. The molecule has 0 aromatic heterocycles. The van der Waals surface area contributed by atoms with E-state index >= 15 is 0 Å². The van der Waals surface area contributed by atoms with E-state index in [1.807, 2.05) is 68.4 Å². The molecule has 0 fully saturated rings. The second-order valence-corrected chi connectivity index (χ2v) is 10.4. The van der Waals surface area contributed by atoms with Crippen molar-refractivity contribution in [2.45, 2.75) is 64.9 Å². The fourth-order valence-corrected chi connectivity index (χ4v) is 4.97. The second-order valence-electron chi connectivity index (χ2n) is 9.45. The van der Waals surface area contributed by atoms with Crippen LogP contribution in [-0.4, -0.2) is 34.6 Å². The van der Waals surface area contributed by atoms with Crippen LogP contribution in [0.5, 0.6) is 0 Å². The van der Waals surface area contributed by atoms with Crippen molar-refractivity contribution < 1.29 is 9.59 Å². The van der Waals surface area contributed by atoms with Crippen molar-refractivity contribution in [1.82, 2.24) is 10.2 Å². The topological polar surface area (TPSA) is 49.4 Å². The summed E-state index contributed by atoms with van der Waals surface area (Å²) in [5.41, 5.74) is 5.68. The Morgan fingerprint density at radius 2 is 1.56 bits per heavy atom. The van der Waals surface area contributed by atoms with Crippen LogP contribution in [0.25, 0.3) is 0 Å². The zero-order valence-corrected chi connectivity index (χ0v) is 22.7. The van der Waals surface area contributed by atoms with Crippen LogP contribution in [0, 0.1) is 13.8 Å². The third-order valence-corrected chi connectivity index (χ3v) is 7.46. The number of amides is 2. The highest BCUT2D eigenvalue weighted by Gasteiger charge is 2.30. The number of thioether (sulfide) groups is 1. The molecule has 0 aliphatic heterocycles. The minimum Gasteiger partial charge on any atom is -0.352 e. The molecule has 190 valence electrons. The lowest BCUT2D eigenvalue weighted by Crippen LogP contribution is -2.52. The first-order valence-electron chi connectivity index (χ1n) is 12.7. The molecule has 0 saturated heterocycles. The molecule has 0 spiro atoms. The van der Waals surface area contributed by atoms with E-state index in [9.17, 15) is 9.59 Å². The number of aryl methyl sites for hydroxylation is 2. The van der Waals surface area contributed by atoms with E-state index in [1.54, 1.807) is 16.7 Å². The molecule has 0 radical (unpaired) electrons. The number of hydrogen-bond acceptors (Lipinski definition) is 3. The number of nitrogens with one attached hydrogen (secondary N) is 1. The largest absolute Gasteiger partial charge is 0.352 e. The molecule has 0 heterocycles. The van der Waals surface area contributed by atoms with Crippen LogP contribution < -0.4 is 5.32 Å². The molecule has 0 bridgehead atoms. The SMILES string of the molecule is CC[C@@H](C)NC(=O)[C@H](Cc1ccccc1)N(Cc1ccc(C)cc1)C(=O)CSCc1ccccc1C. The highest BCUT2D eigenvalue weighted by Crippen LogP contribution is 2.20. The third kappa shape index (κ3) is 8.27. The first-order valence-corrected chi connectivity index (χ1v) is 13.8. The Morgan fingerprint density at radius 1 is 0.889 bits per heavy atom. The van der Waals surface area contributed by atoms with E-state index in [1.165, 1.54) is 16.7 Å². The van der Waals surface area contributed by atoms with E-state index < -0.39 is 6.04 Å². The Morgan fingerprint density at radius 3 is 2.22 bits per heavy atom. The van der Waals surface area contributed by atoms with Crippen LogP contribution in [0.4, 0.5) is 0 Å². The molecule has 1 N–H and O–H groups in total. The van der Waals surface area contributed by atoms with Crippen LogP contribution >= 0.6 is 11.8 Å². The Labute approximate surface area is 220 Å². The summed E-state index contributed by atoms with van der Waals surface area (Å²) in [6.07, 6.45) is 1.31. The first kappa shape index (κ1) is 27.5. The fourth-order valence-electron chi connectivity index (χ4n) is 3.99. The van der Waals surface area contributed by atoms with Gasteiger partial charge in [-0.25, -0.2) is 0 Å². The quantitative estimate of drug-likeness (QED) is 0.326. The molecule has 0 unspecified atom stereocenters. The van der Waals surface area contributed by atoms with Crippen molar-refractivity contribution in [3.05, 3.63) is 107 Å². The van der Waals surface area contributed by atoms with Gasteiger partial charge in [-0.05, 0) is 49.4 Å². The number of hydrogen-bond donors (Lipinski definition) is 1. The molecule has 2 atom stereocenters. The zero-order chi connectivity index (χ0) is 25.9. The van der Waals surface area contributed by atoms with Gasteiger partial charge >= 0.3 is 0 Å². The van der Waals surface area contributed by atoms with Crippen LogP contribution in [0.3, 0.4) is 0 Å². The zero-order valence-electron chi connectivity index (χ0n) is 21.9. The molecule has 2 amide bonds. The average molecular weight is 503 g/mol. The number of carbonyl (C=O) groups excluding carboxylic acids is 2. The summed E-state index contributed by atoms with van der Waals surface area (Å²) >= 11 is 1.60. The van der Waals surface area contributed by atoms with Gasteiger partial charge in [0.1, 0.15) is 6.04 Å². The Hall–Kier alpha value is -3.05. The van der Waals surface area contributed by atoms with Crippen molar-refractivity contribution in [3.8, 4) is 0 Å². The average Bonchev–Trinajstić information content (AvgIpc) is 2.88. The number of benzene rings is 3. The summed E-state index contributed by atoms with van der Waals surface area (Å²) in [7, 11) is 0. The highest BCUT2D eigenvalue weighted by molar-refractivity contribution is 7.99. The molecule has 36 heavy (non-hydrogen) atoms. The highest BCUT2D eigenvalue weighted by atomic mass is 32.2. The van der Waals surface area contributed by atoms with E-state index in [0.29, 0.717) is 18.7 Å². The van der Waals surface area contributed by atoms with E-state index in [-0.39, 0.29) is 17.9 Å². The molecule has 4 nitrogen and oxygen atoms in total. The summed E-state index contributed by atoms with van der Waals surface area (Å²) in [5, 5.41) is 3.13. The monoisotopic (exact) mass is 502 g/mol. The predicted octanol–water partition coefficient (Wildman–Crippen LogP) is 6.09. The Balaban J connectivity index is 1.85. The molecular weight excluding hydrogens is 464 g/mol. The summed E-state index contributed by atoms with van der Waals surface area (Å²) < 4.78 is 0. The third-order valence-electron chi connectivity index (χ3n) is 6.49. The van der Waals surface area contributed by atoms with Gasteiger partial charge in [-0.2, -0.15) is 0 Å².